The Morgan fingerprint density at radius 1 is 1.30 bits per heavy atom. The van der Waals surface area contributed by atoms with E-state index in [4.69, 9.17) is 17.3 Å². The fourth-order valence-electron chi connectivity index (χ4n) is 4.07. The van der Waals surface area contributed by atoms with Crippen molar-refractivity contribution in [3.05, 3.63) is 86.1 Å². The predicted molar refractivity (Wildman–Crippen MR) is 114 cm³/mol. The SMILES string of the molecule is Cc1ncsc1C(=O)N([C@@H]1CCc2c(F)cc(Cl)cc21)[C@H](C(N)=O)c1ccccc1. The van der Waals surface area contributed by atoms with Crippen LogP contribution in [0.3, 0.4) is 0 Å². The van der Waals surface area contributed by atoms with Crippen LogP contribution in [0.15, 0.2) is 48.0 Å². The normalized spacial score (nSPS) is 16.2. The molecule has 2 N–H and O–H groups in total. The molecule has 0 fully saturated rings. The second-order valence-corrected chi connectivity index (χ2v) is 8.50. The zero-order valence-corrected chi connectivity index (χ0v) is 17.7. The Hall–Kier alpha value is -2.77. The number of hydrogen-bond donors (Lipinski definition) is 1. The molecule has 0 aliphatic heterocycles. The zero-order valence-electron chi connectivity index (χ0n) is 16.1. The Kier molecular flexibility index (Phi) is 5.58. The molecule has 2 aromatic carbocycles. The lowest BCUT2D eigenvalue weighted by Gasteiger charge is -2.35. The molecule has 8 heteroatoms. The van der Waals surface area contributed by atoms with E-state index < -0.39 is 23.8 Å². The van der Waals surface area contributed by atoms with Crippen LogP contribution in [-0.2, 0) is 11.2 Å². The average Bonchev–Trinajstić information content (AvgIpc) is 3.32. The molecule has 1 aliphatic carbocycles. The van der Waals surface area contributed by atoms with E-state index in [0.29, 0.717) is 40.1 Å². The van der Waals surface area contributed by atoms with E-state index in [1.165, 1.54) is 22.3 Å². The highest BCUT2D eigenvalue weighted by Gasteiger charge is 2.41. The molecule has 5 nitrogen and oxygen atoms in total. The number of fused-ring (bicyclic) bond motifs is 1. The summed E-state index contributed by atoms with van der Waals surface area (Å²) < 4.78 is 14.5. The van der Waals surface area contributed by atoms with Gasteiger partial charge in [0, 0.05) is 5.02 Å². The molecule has 0 saturated carbocycles. The van der Waals surface area contributed by atoms with Gasteiger partial charge in [-0.05, 0) is 48.6 Å². The van der Waals surface area contributed by atoms with Gasteiger partial charge in [-0.3, -0.25) is 9.59 Å². The van der Waals surface area contributed by atoms with Crippen molar-refractivity contribution in [2.45, 2.75) is 31.8 Å². The monoisotopic (exact) mass is 443 g/mol. The number of aromatic nitrogens is 1. The Bertz CT molecular complexity index is 1120. The number of rotatable bonds is 5. The standard InChI is InChI=1S/C22H19ClFN3O2S/c1-12-20(30-11-26-12)22(29)27(19(21(25)28)13-5-3-2-4-6-13)18-8-7-15-16(18)9-14(23)10-17(15)24/h2-6,9-11,18-19H,7-8H2,1H3,(H2,25,28)/t18-,19+/m1/s1. The largest absolute Gasteiger partial charge is 0.368 e. The van der Waals surface area contributed by atoms with Crippen molar-refractivity contribution in [3.63, 3.8) is 0 Å². The van der Waals surface area contributed by atoms with Crippen LogP contribution in [0, 0.1) is 12.7 Å². The van der Waals surface area contributed by atoms with Crippen LogP contribution in [0.1, 0.15) is 50.6 Å². The number of hydrogen-bond acceptors (Lipinski definition) is 4. The molecule has 1 aliphatic rings. The Morgan fingerprint density at radius 2 is 2.03 bits per heavy atom. The maximum atomic E-state index is 14.5. The third-order valence-corrected chi connectivity index (χ3v) is 6.53. The fraction of sp³-hybridized carbons (Fsp3) is 0.227. The number of halogens is 2. The van der Waals surface area contributed by atoms with Gasteiger partial charge in [-0.15, -0.1) is 11.3 Å². The van der Waals surface area contributed by atoms with Crippen molar-refractivity contribution in [2.24, 2.45) is 5.73 Å². The molecule has 0 spiro atoms. The number of benzene rings is 2. The summed E-state index contributed by atoms with van der Waals surface area (Å²) in [6, 6.07) is 10.3. The molecule has 0 saturated heterocycles. The summed E-state index contributed by atoms with van der Waals surface area (Å²) in [6.45, 7) is 1.74. The maximum absolute atomic E-state index is 14.5. The van der Waals surface area contributed by atoms with Gasteiger partial charge in [0.25, 0.3) is 5.91 Å². The van der Waals surface area contributed by atoms with E-state index in [9.17, 15) is 14.0 Å². The number of nitrogens with two attached hydrogens (primary N) is 1. The lowest BCUT2D eigenvalue weighted by Crippen LogP contribution is -2.43. The van der Waals surface area contributed by atoms with Gasteiger partial charge in [-0.2, -0.15) is 0 Å². The lowest BCUT2D eigenvalue weighted by molar-refractivity contribution is -0.123. The fourth-order valence-corrected chi connectivity index (χ4v) is 5.03. The first-order valence-electron chi connectivity index (χ1n) is 9.43. The van der Waals surface area contributed by atoms with Crippen molar-refractivity contribution < 1.29 is 14.0 Å². The summed E-state index contributed by atoms with van der Waals surface area (Å²) in [6.07, 6.45) is 0.904. The molecule has 1 aromatic heterocycles. The van der Waals surface area contributed by atoms with E-state index in [1.807, 2.05) is 6.07 Å². The summed E-state index contributed by atoms with van der Waals surface area (Å²) in [5.41, 5.74) is 9.67. The quantitative estimate of drug-likeness (QED) is 0.626. The van der Waals surface area contributed by atoms with E-state index >= 15 is 0 Å². The second-order valence-electron chi connectivity index (χ2n) is 7.20. The van der Waals surface area contributed by atoms with Gasteiger partial charge in [0.2, 0.25) is 5.91 Å². The predicted octanol–water partition coefficient (Wildman–Crippen LogP) is 4.60. The van der Waals surface area contributed by atoms with E-state index in [-0.39, 0.29) is 10.9 Å². The van der Waals surface area contributed by atoms with Crippen LogP contribution in [-0.4, -0.2) is 21.7 Å². The van der Waals surface area contributed by atoms with E-state index in [2.05, 4.69) is 4.98 Å². The number of thiazole rings is 1. The van der Waals surface area contributed by atoms with Crippen LogP contribution in [0.25, 0.3) is 0 Å². The molecule has 0 unspecified atom stereocenters. The van der Waals surface area contributed by atoms with Crippen LogP contribution in [0.2, 0.25) is 5.02 Å². The van der Waals surface area contributed by atoms with Gasteiger partial charge in [-0.25, -0.2) is 9.37 Å². The number of carbonyl (C=O) groups is 2. The Morgan fingerprint density at radius 3 is 2.67 bits per heavy atom. The smallest absolute Gasteiger partial charge is 0.267 e. The van der Waals surface area contributed by atoms with E-state index in [1.54, 1.807) is 42.8 Å². The number of primary amides is 1. The molecule has 154 valence electrons. The van der Waals surface area contributed by atoms with Gasteiger partial charge in [0.1, 0.15) is 16.7 Å². The summed E-state index contributed by atoms with van der Waals surface area (Å²) in [5.74, 6) is -1.43. The van der Waals surface area contributed by atoms with Crippen LogP contribution >= 0.6 is 22.9 Å². The minimum absolute atomic E-state index is 0.245. The highest BCUT2D eigenvalue weighted by Crippen LogP contribution is 2.43. The maximum Gasteiger partial charge on any atom is 0.267 e. The highest BCUT2D eigenvalue weighted by molar-refractivity contribution is 7.11. The van der Waals surface area contributed by atoms with Crippen LogP contribution < -0.4 is 5.73 Å². The van der Waals surface area contributed by atoms with Gasteiger partial charge < -0.3 is 10.6 Å². The molecule has 1 heterocycles. The highest BCUT2D eigenvalue weighted by atomic mass is 35.5. The first kappa shape index (κ1) is 20.5. The molecular formula is C22H19ClFN3O2S. The number of aryl methyl sites for hydroxylation is 1. The van der Waals surface area contributed by atoms with Crippen LogP contribution in [0.4, 0.5) is 4.39 Å². The molecular weight excluding hydrogens is 425 g/mol. The summed E-state index contributed by atoms with van der Waals surface area (Å²) in [7, 11) is 0. The Balaban J connectivity index is 1.89. The zero-order chi connectivity index (χ0) is 21.4. The minimum atomic E-state index is -1.02. The lowest BCUT2D eigenvalue weighted by atomic mass is 9.98. The third-order valence-electron chi connectivity index (χ3n) is 5.39. The Labute approximate surface area is 182 Å². The second kappa shape index (κ2) is 8.16. The number of carbonyl (C=O) groups excluding carboxylic acids is 2. The van der Waals surface area contributed by atoms with Gasteiger partial charge in [0.15, 0.2) is 0 Å². The van der Waals surface area contributed by atoms with Crippen molar-refractivity contribution in [1.29, 1.82) is 0 Å². The van der Waals surface area contributed by atoms with Crippen molar-refractivity contribution in [2.75, 3.05) is 0 Å². The summed E-state index contributed by atoms with van der Waals surface area (Å²) in [5, 5.41) is 0.245. The molecule has 4 rings (SSSR count). The number of amides is 2. The molecule has 30 heavy (non-hydrogen) atoms. The topological polar surface area (TPSA) is 76.3 Å². The van der Waals surface area contributed by atoms with Gasteiger partial charge in [-0.1, -0.05) is 41.9 Å². The minimum Gasteiger partial charge on any atom is -0.368 e. The molecule has 0 bridgehead atoms. The molecule has 0 radical (unpaired) electrons. The summed E-state index contributed by atoms with van der Waals surface area (Å²) >= 11 is 7.32. The number of nitrogens with zero attached hydrogens (tertiary/aromatic N) is 2. The van der Waals surface area contributed by atoms with E-state index in [0.717, 1.165) is 0 Å². The molecule has 2 amide bonds. The molecule has 3 aromatic rings. The third kappa shape index (κ3) is 3.59. The van der Waals surface area contributed by atoms with Crippen molar-refractivity contribution in [1.82, 2.24) is 9.88 Å². The average molecular weight is 444 g/mol. The van der Waals surface area contributed by atoms with Crippen LogP contribution in [0.5, 0.6) is 0 Å². The van der Waals surface area contributed by atoms with Crippen molar-refractivity contribution >= 4 is 34.8 Å². The van der Waals surface area contributed by atoms with Gasteiger partial charge >= 0.3 is 0 Å². The first-order chi connectivity index (χ1) is 14.4. The summed E-state index contributed by atoms with van der Waals surface area (Å²) in [4.78, 5) is 32.4. The van der Waals surface area contributed by atoms with Crippen molar-refractivity contribution in [3.8, 4) is 0 Å². The van der Waals surface area contributed by atoms with Gasteiger partial charge in [0.05, 0.1) is 17.2 Å². The first-order valence-corrected chi connectivity index (χ1v) is 10.7. The molecule has 2 atom stereocenters.